The molecule has 1 amide bonds. The van der Waals surface area contributed by atoms with Gasteiger partial charge in [0.25, 0.3) is 0 Å². The molecular weight excluding hydrogens is 309 g/mol. The first kappa shape index (κ1) is 17.3. The van der Waals surface area contributed by atoms with E-state index in [0.29, 0.717) is 19.0 Å². The summed E-state index contributed by atoms with van der Waals surface area (Å²) >= 11 is 0. The molecule has 0 unspecified atom stereocenters. The van der Waals surface area contributed by atoms with Gasteiger partial charge in [-0.3, -0.25) is 14.6 Å². The van der Waals surface area contributed by atoms with Crippen LogP contribution >= 0.6 is 0 Å². The molecule has 1 aromatic carbocycles. The van der Waals surface area contributed by atoms with E-state index in [0.717, 1.165) is 51.1 Å². The standard InChI is InChI=1S/C18H26FN3O2/c19-16-5-1-14(2-6-16)11-20-18(24)13-22-9-7-21(8-10-22)12-17(23)15-3-4-15/h1-2,5-6,15,17,23H,3-4,7-13H2,(H,20,24)/t17-/m0/s1. The van der Waals surface area contributed by atoms with Gasteiger partial charge in [-0.2, -0.15) is 0 Å². The van der Waals surface area contributed by atoms with Crippen molar-refractivity contribution in [1.82, 2.24) is 15.1 Å². The Bertz CT molecular complexity index is 540. The van der Waals surface area contributed by atoms with Gasteiger partial charge in [-0.25, -0.2) is 4.39 Å². The Labute approximate surface area is 142 Å². The summed E-state index contributed by atoms with van der Waals surface area (Å²) < 4.78 is 12.8. The van der Waals surface area contributed by atoms with Crippen LogP contribution in [0.15, 0.2) is 24.3 Å². The summed E-state index contributed by atoms with van der Waals surface area (Å²) in [5.74, 6) is 0.237. The largest absolute Gasteiger partial charge is 0.392 e. The van der Waals surface area contributed by atoms with E-state index in [-0.39, 0.29) is 17.8 Å². The molecule has 1 saturated heterocycles. The average molecular weight is 335 g/mol. The highest BCUT2D eigenvalue weighted by Gasteiger charge is 2.31. The van der Waals surface area contributed by atoms with Gasteiger partial charge in [0.15, 0.2) is 0 Å². The number of hydrogen-bond acceptors (Lipinski definition) is 4. The second-order valence-electron chi connectivity index (χ2n) is 6.88. The van der Waals surface area contributed by atoms with Gasteiger partial charge in [0.05, 0.1) is 12.6 Å². The maximum atomic E-state index is 12.8. The summed E-state index contributed by atoms with van der Waals surface area (Å²) in [5.41, 5.74) is 0.892. The molecule has 2 N–H and O–H groups in total. The van der Waals surface area contributed by atoms with Gasteiger partial charge in [0.1, 0.15) is 5.82 Å². The number of halogens is 1. The molecule has 3 rings (SSSR count). The molecule has 0 aromatic heterocycles. The van der Waals surface area contributed by atoms with Gasteiger partial charge < -0.3 is 10.4 Å². The van der Waals surface area contributed by atoms with E-state index in [4.69, 9.17) is 0 Å². The van der Waals surface area contributed by atoms with Crippen molar-refractivity contribution < 1.29 is 14.3 Å². The van der Waals surface area contributed by atoms with Crippen molar-refractivity contribution in [3.05, 3.63) is 35.6 Å². The summed E-state index contributed by atoms with van der Waals surface area (Å²) in [6.07, 6.45) is 2.14. The molecule has 5 nitrogen and oxygen atoms in total. The maximum absolute atomic E-state index is 12.8. The summed E-state index contributed by atoms with van der Waals surface area (Å²) in [5, 5.41) is 12.9. The van der Waals surface area contributed by atoms with Crippen molar-refractivity contribution in [1.29, 1.82) is 0 Å². The van der Waals surface area contributed by atoms with E-state index >= 15 is 0 Å². The SMILES string of the molecule is O=C(CN1CCN(C[C@H](O)C2CC2)CC1)NCc1ccc(F)cc1. The summed E-state index contributed by atoms with van der Waals surface area (Å²) in [4.78, 5) is 16.5. The molecule has 2 fully saturated rings. The topological polar surface area (TPSA) is 55.8 Å². The van der Waals surface area contributed by atoms with Gasteiger partial charge in [0, 0.05) is 39.3 Å². The number of β-amino-alcohol motifs (C(OH)–C–C–N with tert-alkyl or cyclic N) is 1. The van der Waals surface area contributed by atoms with Crippen LogP contribution in [0.2, 0.25) is 0 Å². The first-order chi connectivity index (χ1) is 11.6. The van der Waals surface area contributed by atoms with Crippen molar-refractivity contribution >= 4 is 5.91 Å². The number of hydrogen-bond donors (Lipinski definition) is 2. The molecule has 6 heteroatoms. The van der Waals surface area contributed by atoms with Gasteiger partial charge in [-0.1, -0.05) is 12.1 Å². The number of carbonyl (C=O) groups excluding carboxylic acids is 1. The number of piperazine rings is 1. The monoisotopic (exact) mass is 335 g/mol. The molecule has 2 aliphatic rings. The van der Waals surface area contributed by atoms with Crippen molar-refractivity contribution in [3.63, 3.8) is 0 Å². The van der Waals surface area contributed by atoms with Crippen LogP contribution < -0.4 is 5.32 Å². The Hall–Kier alpha value is -1.50. The van der Waals surface area contributed by atoms with Crippen LogP contribution in [0.1, 0.15) is 18.4 Å². The van der Waals surface area contributed by atoms with Crippen molar-refractivity contribution in [2.24, 2.45) is 5.92 Å². The highest BCUT2D eigenvalue weighted by atomic mass is 19.1. The van der Waals surface area contributed by atoms with Crippen LogP contribution in [0.25, 0.3) is 0 Å². The lowest BCUT2D eigenvalue weighted by molar-refractivity contribution is -0.122. The van der Waals surface area contributed by atoms with E-state index in [2.05, 4.69) is 15.1 Å². The maximum Gasteiger partial charge on any atom is 0.234 e. The number of amides is 1. The molecule has 24 heavy (non-hydrogen) atoms. The Kier molecular flexibility index (Phi) is 5.81. The third-order valence-electron chi connectivity index (χ3n) is 4.85. The quantitative estimate of drug-likeness (QED) is 0.775. The lowest BCUT2D eigenvalue weighted by Crippen LogP contribution is -2.51. The zero-order valence-corrected chi connectivity index (χ0v) is 14.0. The molecule has 1 aliphatic carbocycles. The number of benzene rings is 1. The highest BCUT2D eigenvalue weighted by molar-refractivity contribution is 5.78. The van der Waals surface area contributed by atoms with Crippen LogP contribution in [0.5, 0.6) is 0 Å². The number of rotatable bonds is 7. The Morgan fingerprint density at radius 2 is 1.79 bits per heavy atom. The average Bonchev–Trinajstić information content (AvgIpc) is 3.41. The van der Waals surface area contributed by atoms with Gasteiger partial charge >= 0.3 is 0 Å². The molecular formula is C18H26FN3O2. The second-order valence-corrected chi connectivity index (χ2v) is 6.88. The molecule has 1 aliphatic heterocycles. The minimum absolute atomic E-state index is 0.00853. The number of nitrogens with one attached hydrogen (secondary N) is 1. The minimum Gasteiger partial charge on any atom is -0.392 e. The fourth-order valence-corrected chi connectivity index (χ4v) is 3.09. The summed E-state index contributed by atoms with van der Waals surface area (Å²) in [6.45, 7) is 5.06. The molecule has 132 valence electrons. The fourth-order valence-electron chi connectivity index (χ4n) is 3.09. The van der Waals surface area contributed by atoms with Crippen molar-refractivity contribution in [2.75, 3.05) is 39.3 Å². The molecule has 0 radical (unpaired) electrons. The molecule has 1 atom stereocenters. The molecule has 1 saturated carbocycles. The van der Waals surface area contributed by atoms with Gasteiger partial charge in [-0.15, -0.1) is 0 Å². The Morgan fingerprint density at radius 3 is 2.42 bits per heavy atom. The van der Waals surface area contributed by atoms with Crippen LogP contribution in [0.3, 0.4) is 0 Å². The van der Waals surface area contributed by atoms with Gasteiger partial charge in [0.2, 0.25) is 5.91 Å². The number of carbonyl (C=O) groups is 1. The first-order valence-corrected chi connectivity index (χ1v) is 8.74. The lowest BCUT2D eigenvalue weighted by atomic mass is 10.2. The lowest BCUT2D eigenvalue weighted by Gasteiger charge is -2.35. The number of nitrogens with zero attached hydrogens (tertiary/aromatic N) is 2. The van der Waals surface area contributed by atoms with E-state index in [1.54, 1.807) is 12.1 Å². The predicted octanol–water partition coefficient (Wildman–Crippen LogP) is 0.830. The Balaban J connectivity index is 1.33. The van der Waals surface area contributed by atoms with Crippen LogP contribution in [0.4, 0.5) is 4.39 Å². The molecule has 1 aromatic rings. The van der Waals surface area contributed by atoms with Crippen molar-refractivity contribution in [3.8, 4) is 0 Å². The van der Waals surface area contributed by atoms with E-state index < -0.39 is 0 Å². The smallest absolute Gasteiger partial charge is 0.234 e. The number of aliphatic hydroxyl groups is 1. The molecule has 1 heterocycles. The summed E-state index contributed by atoms with van der Waals surface area (Å²) in [7, 11) is 0. The normalized spacial score (nSPS) is 20.8. The Morgan fingerprint density at radius 1 is 1.17 bits per heavy atom. The van der Waals surface area contributed by atoms with E-state index in [1.165, 1.54) is 12.1 Å². The van der Waals surface area contributed by atoms with Crippen LogP contribution in [-0.2, 0) is 11.3 Å². The molecule has 0 bridgehead atoms. The summed E-state index contributed by atoms with van der Waals surface area (Å²) in [6, 6.07) is 6.16. The third kappa shape index (κ3) is 5.26. The van der Waals surface area contributed by atoms with E-state index in [1.807, 2.05) is 0 Å². The third-order valence-corrected chi connectivity index (χ3v) is 4.85. The van der Waals surface area contributed by atoms with Crippen LogP contribution in [-0.4, -0.2) is 66.2 Å². The van der Waals surface area contributed by atoms with E-state index in [9.17, 15) is 14.3 Å². The molecule has 0 spiro atoms. The van der Waals surface area contributed by atoms with Gasteiger partial charge in [-0.05, 0) is 36.5 Å². The highest BCUT2D eigenvalue weighted by Crippen LogP contribution is 2.32. The van der Waals surface area contributed by atoms with Crippen LogP contribution in [0, 0.1) is 11.7 Å². The van der Waals surface area contributed by atoms with Crippen molar-refractivity contribution in [2.45, 2.75) is 25.5 Å². The first-order valence-electron chi connectivity index (χ1n) is 8.74. The minimum atomic E-state index is -0.269. The zero-order valence-electron chi connectivity index (χ0n) is 14.0. The predicted molar refractivity (Wildman–Crippen MR) is 89.9 cm³/mol. The fraction of sp³-hybridized carbons (Fsp3) is 0.611. The second kappa shape index (κ2) is 8.05. The zero-order chi connectivity index (χ0) is 16.9. The number of aliphatic hydroxyl groups excluding tert-OH is 1.